The van der Waals surface area contributed by atoms with Gasteiger partial charge in [-0.3, -0.25) is 9.59 Å². The number of carbonyl (C=O) groups is 2. The molecule has 0 fully saturated rings. The van der Waals surface area contributed by atoms with Gasteiger partial charge in [-0.1, -0.05) is 18.2 Å². The fourth-order valence-corrected chi connectivity index (χ4v) is 3.96. The Morgan fingerprint density at radius 2 is 1.77 bits per heavy atom. The minimum Gasteiger partial charge on any atom is -0.489 e. The molecule has 0 saturated heterocycles. The lowest BCUT2D eigenvalue weighted by Crippen LogP contribution is -2.06. The highest BCUT2D eigenvalue weighted by atomic mass is 16.5. The van der Waals surface area contributed by atoms with Gasteiger partial charge in [0.05, 0.1) is 0 Å². The molecule has 5 nitrogen and oxygen atoms in total. The van der Waals surface area contributed by atoms with Crippen LogP contribution in [0.15, 0.2) is 42.0 Å². The van der Waals surface area contributed by atoms with Crippen molar-refractivity contribution in [2.24, 2.45) is 0 Å². The van der Waals surface area contributed by atoms with E-state index in [4.69, 9.17) is 9.84 Å². The smallest absolute Gasteiger partial charge is 0.303 e. The van der Waals surface area contributed by atoms with Crippen molar-refractivity contribution < 1.29 is 19.4 Å². The molecule has 0 spiro atoms. The summed E-state index contributed by atoms with van der Waals surface area (Å²) in [6.45, 7) is 6.11. The molecule has 2 N–H and O–H groups in total. The second-order valence-corrected chi connectivity index (χ2v) is 7.85. The number of benzene rings is 2. The van der Waals surface area contributed by atoms with Crippen molar-refractivity contribution in [3.8, 4) is 5.75 Å². The number of ether oxygens (including phenoxy) is 1. The fraction of sp³-hybridized carbons (Fsp3) is 0.360. The van der Waals surface area contributed by atoms with Crippen LogP contribution in [-0.4, -0.2) is 23.6 Å². The van der Waals surface area contributed by atoms with Crippen LogP contribution in [0.1, 0.15) is 54.9 Å². The molecule has 3 rings (SSSR count). The Bertz CT molecular complexity index is 973. The molecule has 1 amide bonds. The Labute approximate surface area is 177 Å². The Balaban J connectivity index is 1.72. The number of anilines is 1. The van der Waals surface area contributed by atoms with E-state index in [9.17, 15) is 9.59 Å². The van der Waals surface area contributed by atoms with Crippen LogP contribution in [0.5, 0.6) is 5.75 Å². The van der Waals surface area contributed by atoms with Crippen LogP contribution >= 0.6 is 0 Å². The van der Waals surface area contributed by atoms with Crippen molar-refractivity contribution in [3.63, 3.8) is 0 Å². The number of aryl methyl sites for hydroxylation is 1. The molecular weight excluding hydrogens is 378 g/mol. The molecule has 158 valence electrons. The zero-order chi connectivity index (χ0) is 21.7. The summed E-state index contributed by atoms with van der Waals surface area (Å²) in [5, 5.41) is 11.7. The van der Waals surface area contributed by atoms with E-state index in [1.165, 1.54) is 23.6 Å². The van der Waals surface area contributed by atoms with Crippen LogP contribution in [-0.2, 0) is 16.0 Å². The molecule has 0 bridgehead atoms. The second kappa shape index (κ2) is 9.61. The summed E-state index contributed by atoms with van der Waals surface area (Å²) in [5.41, 5.74) is 7.85. The SMILES string of the molecule is CC(=O)Nc1ccc(C2=C(COc3ccc(CCC(=O)O)c(C)c3C)CCC2)cc1. The number of allylic oxidation sites excluding steroid dienone is 1. The van der Waals surface area contributed by atoms with Crippen LogP contribution < -0.4 is 10.1 Å². The number of hydrogen-bond acceptors (Lipinski definition) is 3. The van der Waals surface area contributed by atoms with E-state index < -0.39 is 5.97 Å². The summed E-state index contributed by atoms with van der Waals surface area (Å²) in [4.78, 5) is 22.1. The van der Waals surface area contributed by atoms with Crippen molar-refractivity contribution in [3.05, 3.63) is 64.2 Å². The molecule has 1 aliphatic rings. The van der Waals surface area contributed by atoms with Gasteiger partial charge >= 0.3 is 5.97 Å². The van der Waals surface area contributed by atoms with Gasteiger partial charge < -0.3 is 15.2 Å². The van der Waals surface area contributed by atoms with Gasteiger partial charge in [-0.15, -0.1) is 0 Å². The molecule has 5 heteroatoms. The van der Waals surface area contributed by atoms with Gasteiger partial charge in [-0.25, -0.2) is 0 Å². The average molecular weight is 408 g/mol. The molecule has 2 aromatic carbocycles. The zero-order valence-electron chi connectivity index (χ0n) is 17.9. The predicted octanol–water partition coefficient (Wildman–Crippen LogP) is 5.30. The predicted molar refractivity (Wildman–Crippen MR) is 119 cm³/mol. The van der Waals surface area contributed by atoms with E-state index in [-0.39, 0.29) is 12.3 Å². The molecule has 1 aliphatic carbocycles. The van der Waals surface area contributed by atoms with Gasteiger partial charge in [0.1, 0.15) is 12.4 Å². The zero-order valence-corrected chi connectivity index (χ0v) is 17.9. The third-order valence-electron chi connectivity index (χ3n) is 5.75. The van der Waals surface area contributed by atoms with E-state index >= 15 is 0 Å². The molecule has 30 heavy (non-hydrogen) atoms. The number of rotatable bonds is 8. The largest absolute Gasteiger partial charge is 0.489 e. The van der Waals surface area contributed by atoms with Crippen LogP contribution in [0.3, 0.4) is 0 Å². The van der Waals surface area contributed by atoms with Gasteiger partial charge in [-0.2, -0.15) is 0 Å². The Morgan fingerprint density at radius 1 is 1.03 bits per heavy atom. The highest BCUT2D eigenvalue weighted by Crippen LogP contribution is 2.35. The summed E-state index contributed by atoms with van der Waals surface area (Å²) in [5.74, 6) is 0.00100. The first-order chi connectivity index (χ1) is 14.3. The van der Waals surface area contributed by atoms with Gasteiger partial charge in [0.25, 0.3) is 0 Å². The van der Waals surface area contributed by atoms with Gasteiger partial charge in [0.2, 0.25) is 5.91 Å². The molecule has 0 radical (unpaired) electrons. The first-order valence-corrected chi connectivity index (χ1v) is 10.4. The number of hydrogen-bond donors (Lipinski definition) is 2. The van der Waals surface area contributed by atoms with Crippen LogP contribution in [0.2, 0.25) is 0 Å². The number of aliphatic carboxylic acids is 1. The minimum absolute atomic E-state index is 0.0726. The van der Waals surface area contributed by atoms with Gasteiger partial charge in [0.15, 0.2) is 0 Å². The standard InChI is InChI=1S/C25H29NO4/c1-16-17(2)24(13-9-19(16)10-14-25(28)29)30-15-21-5-4-6-23(21)20-7-11-22(12-8-20)26-18(3)27/h7-9,11-13H,4-6,10,14-15H2,1-3H3,(H,26,27)(H,28,29). The van der Waals surface area contributed by atoms with Crippen LogP contribution in [0.4, 0.5) is 5.69 Å². The van der Waals surface area contributed by atoms with Crippen molar-refractivity contribution in [2.45, 2.75) is 52.9 Å². The first-order valence-electron chi connectivity index (χ1n) is 10.4. The summed E-state index contributed by atoms with van der Waals surface area (Å²) >= 11 is 0. The van der Waals surface area contributed by atoms with E-state index in [1.807, 2.05) is 38.1 Å². The summed E-state index contributed by atoms with van der Waals surface area (Å²) < 4.78 is 6.18. The van der Waals surface area contributed by atoms with E-state index in [1.54, 1.807) is 0 Å². The number of amides is 1. The van der Waals surface area contributed by atoms with E-state index in [0.29, 0.717) is 13.0 Å². The Morgan fingerprint density at radius 3 is 2.43 bits per heavy atom. The molecule has 0 aromatic heterocycles. The Kier molecular flexibility index (Phi) is 6.93. The molecule has 0 heterocycles. The maximum atomic E-state index is 11.2. The first kappa shape index (κ1) is 21.6. The van der Waals surface area contributed by atoms with Crippen LogP contribution in [0, 0.1) is 13.8 Å². The highest BCUT2D eigenvalue weighted by Gasteiger charge is 2.17. The van der Waals surface area contributed by atoms with Gasteiger partial charge in [0, 0.05) is 19.0 Å². The summed E-state index contributed by atoms with van der Waals surface area (Å²) in [6.07, 6.45) is 3.85. The lowest BCUT2D eigenvalue weighted by Gasteiger charge is -2.16. The topological polar surface area (TPSA) is 75.6 Å². The number of carboxylic acid groups (broad SMARTS) is 1. The normalized spacial score (nSPS) is 13.4. The van der Waals surface area contributed by atoms with Crippen LogP contribution in [0.25, 0.3) is 5.57 Å². The number of carbonyl (C=O) groups excluding carboxylic acids is 1. The number of nitrogens with one attached hydrogen (secondary N) is 1. The van der Waals surface area contributed by atoms with Gasteiger partial charge in [-0.05, 0) is 91.1 Å². The fourth-order valence-electron chi connectivity index (χ4n) is 3.96. The summed E-state index contributed by atoms with van der Waals surface area (Å²) in [6, 6.07) is 11.9. The summed E-state index contributed by atoms with van der Waals surface area (Å²) in [7, 11) is 0. The molecule has 2 aromatic rings. The highest BCUT2D eigenvalue weighted by molar-refractivity contribution is 5.89. The van der Waals surface area contributed by atoms with Crippen molar-refractivity contribution >= 4 is 23.1 Å². The van der Waals surface area contributed by atoms with E-state index in [0.717, 1.165) is 47.4 Å². The molecule has 0 aliphatic heterocycles. The lowest BCUT2D eigenvalue weighted by molar-refractivity contribution is -0.137. The number of carboxylic acids is 1. The minimum atomic E-state index is -0.779. The maximum absolute atomic E-state index is 11.2. The lowest BCUT2D eigenvalue weighted by atomic mass is 9.99. The Hall–Kier alpha value is -3.08. The third kappa shape index (κ3) is 5.29. The maximum Gasteiger partial charge on any atom is 0.303 e. The second-order valence-electron chi connectivity index (χ2n) is 7.85. The molecule has 0 saturated carbocycles. The molecule has 0 unspecified atom stereocenters. The van der Waals surface area contributed by atoms with Crippen molar-refractivity contribution in [2.75, 3.05) is 11.9 Å². The molecular formula is C25H29NO4. The monoisotopic (exact) mass is 407 g/mol. The van der Waals surface area contributed by atoms with E-state index in [2.05, 4.69) is 17.4 Å². The average Bonchev–Trinajstić information content (AvgIpc) is 3.17. The molecule has 0 atom stereocenters. The van der Waals surface area contributed by atoms with Crippen molar-refractivity contribution in [1.29, 1.82) is 0 Å². The van der Waals surface area contributed by atoms with Crippen molar-refractivity contribution in [1.82, 2.24) is 0 Å². The quantitative estimate of drug-likeness (QED) is 0.623. The third-order valence-corrected chi connectivity index (χ3v) is 5.75.